The summed E-state index contributed by atoms with van der Waals surface area (Å²) in [5.74, 6) is 0.740. The monoisotopic (exact) mass is 420 g/mol. The predicted octanol–water partition coefficient (Wildman–Crippen LogP) is 2.35. The molecule has 0 aliphatic carbocycles. The number of methoxy groups -OCH3 is 3. The van der Waals surface area contributed by atoms with E-state index in [2.05, 4.69) is 10.1 Å². The van der Waals surface area contributed by atoms with Crippen molar-refractivity contribution < 1.29 is 27.4 Å². The normalized spacial score (nSPS) is 13.0. The van der Waals surface area contributed by atoms with Crippen molar-refractivity contribution in [3.8, 4) is 11.5 Å². The van der Waals surface area contributed by atoms with E-state index in [0.717, 1.165) is 5.56 Å². The van der Waals surface area contributed by atoms with Crippen LogP contribution in [0.2, 0.25) is 0 Å². The molecule has 0 atom stereocenters. The van der Waals surface area contributed by atoms with Gasteiger partial charge in [-0.25, -0.2) is 13.2 Å². The number of benzene rings is 2. The van der Waals surface area contributed by atoms with Crippen LogP contribution in [-0.2, 0) is 27.6 Å². The second-order valence-corrected chi connectivity index (χ2v) is 8.27. The van der Waals surface area contributed by atoms with Gasteiger partial charge in [-0.1, -0.05) is 18.2 Å². The lowest BCUT2D eigenvalue weighted by Crippen LogP contribution is -2.31. The molecule has 0 unspecified atom stereocenters. The Morgan fingerprint density at radius 2 is 1.79 bits per heavy atom. The first kappa shape index (κ1) is 20.8. The molecular weight excluding hydrogens is 396 g/mol. The molecule has 1 N–H and O–H groups in total. The van der Waals surface area contributed by atoms with E-state index in [1.165, 1.54) is 31.7 Å². The highest BCUT2D eigenvalue weighted by Gasteiger charge is 2.33. The van der Waals surface area contributed by atoms with E-state index in [4.69, 9.17) is 9.47 Å². The number of nitrogens with zero attached hydrogens (tertiary/aromatic N) is 1. The molecule has 2 aromatic rings. The molecule has 156 valence electrons. The fourth-order valence-corrected chi connectivity index (χ4v) is 5.14. The van der Waals surface area contributed by atoms with Crippen molar-refractivity contribution in [3.63, 3.8) is 0 Å². The summed E-state index contributed by atoms with van der Waals surface area (Å²) in [6.07, 6.45) is 0.352. The van der Waals surface area contributed by atoms with E-state index in [1.807, 2.05) is 18.2 Å². The van der Waals surface area contributed by atoms with Gasteiger partial charge in [0.25, 0.3) is 10.0 Å². The number of carbonyl (C=O) groups is 1. The summed E-state index contributed by atoms with van der Waals surface area (Å²) in [5.41, 5.74) is 2.19. The number of ether oxygens (including phenoxy) is 3. The molecule has 0 saturated carbocycles. The first-order valence-corrected chi connectivity index (χ1v) is 10.5. The zero-order valence-electron chi connectivity index (χ0n) is 16.6. The number of alkyl carbamates (subject to hydrolysis) is 1. The van der Waals surface area contributed by atoms with Gasteiger partial charge in [-0.2, -0.15) is 0 Å². The molecule has 29 heavy (non-hydrogen) atoms. The Morgan fingerprint density at radius 1 is 1.10 bits per heavy atom. The smallest absolute Gasteiger partial charge is 0.406 e. The van der Waals surface area contributed by atoms with Crippen LogP contribution in [0.3, 0.4) is 0 Å². The van der Waals surface area contributed by atoms with Crippen LogP contribution in [0.15, 0.2) is 41.3 Å². The molecule has 0 spiro atoms. The number of rotatable bonds is 7. The summed E-state index contributed by atoms with van der Waals surface area (Å²) in [4.78, 5) is 11.5. The number of sulfonamides is 1. The van der Waals surface area contributed by atoms with Gasteiger partial charge in [-0.15, -0.1) is 0 Å². The van der Waals surface area contributed by atoms with Gasteiger partial charge in [0.2, 0.25) is 0 Å². The molecule has 8 nitrogen and oxygen atoms in total. The number of nitrogens with one attached hydrogen (secondary N) is 1. The van der Waals surface area contributed by atoms with Gasteiger partial charge in [0, 0.05) is 19.2 Å². The largest absolute Gasteiger partial charge is 0.493 e. The van der Waals surface area contributed by atoms with Gasteiger partial charge in [0.1, 0.15) is 0 Å². The minimum Gasteiger partial charge on any atom is -0.493 e. The van der Waals surface area contributed by atoms with Crippen LogP contribution in [0.4, 0.5) is 10.5 Å². The molecule has 0 fully saturated rings. The number of anilines is 1. The summed E-state index contributed by atoms with van der Waals surface area (Å²) >= 11 is 0. The average molecular weight is 420 g/mol. The Bertz CT molecular complexity index is 1010. The van der Waals surface area contributed by atoms with Gasteiger partial charge in [-0.05, 0) is 36.1 Å². The molecular formula is C20H24N2O6S. The highest BCUT2D eigenvalue weighted by molar-refractivity contribution is 7.93. The van der Waals surface area contributed by atoms with Gasteiger partial charge < -0.3 is 19.5 Å². The lowest BCUT2D eigenvalue weighted by atomic mass is 10.1. The van der Waals surface area contributed by atoms with Crippen LogP contribution in [-0.4, -0.2) is 48.9 Å². The molecule has 3 rings (SSSR count). The van der Waals surface area contributed by atoms with Crippen molar-refractivity contribution >= 4 is 21.8 Å². The van der Waals surface area contributed by atoms with Crippen molar-refractivity contribution in [2.45, 2.75) is 17.7 Å². The molecule has 1 aliphatic heterocycles. The van der Waals surface area contributed by atoms with Gasteiger partial charge >= 0.3 is 6.09 Å². The summed E-state index contributed by atoms with van der Waals surface area (Å²) in [6.45, 7) is 0.580. The first-order chi connectivity index (χ1) is 13.9. The van der Waals surface area contributed by atoms with E-state index < -0.39 is 16.1 Å². The third-order valence-corrected chi connectivity index (χ3v) is 6.72. The van der Waals surface area contributed by atoms with Crippen molar-refractivity contribution in [2.24, 2.45) is 0 Å². The van der Waals surface area contributed by atoms with Crippen molar-refractivity contribution in [3.05, 3.63) is 47.5 Å². The molecule has 0 saturated heterocycles. The number of hydrogen-bond donors (Lipinski definition) is 1. The zero-order chi connectivity index (χ0) is 21.0. The van der Waals surface area contributed by atoms with E-state index in [1.54, 1.807) is 12.1 Å². The minimum atomic E-state index is -3.84. The summed E-state index contributed by atoms with van der Waals surface area (Å²) < 4.78 is 43.7. The highest BCUT2D eigenvalue weighted by atomic mass is 32.2. The fraction of sp³-hybridized carbons (Fsp3) is 0.350. The predicted molar refractivity (Wildman–Crippen MR) is 108 cm³/mol. The summed E-state index contributed by atoms with van der Waals surface area (Å²) in [6, 6.07) is 10.6. The molecule has 2 aromatic carbocycles. The summed E-state index contributed by atoms with van der Waals surface area (Å²) in [7, 11) is 0.369. The number of amides is 1. The van der Waals surface area contributed by atoms with E-state index in [-0.39, 0.29) is 17.9 Å². The number of carbonyl (C=O) groups excluding carboxylic acids is 1. The van der Waals surface area contributed by atoms with Gasteiger partial charge in [0.05, 0.1) is 31.9 Å². The molecule has 9 heteroatoms. The van der Waals surface area contributed by atoms with Gasteiger partial charge in [0.15, 0.2) is 11.5 Å². The standard InChI is InChI=1S/C20H24N2O6S/c1-26-17-12-15(8-10-21-20(23)28-3)19(13-18(17)27-2)29(24,25)22-11-9-14-6-4-5-7-16(14)22/h4-7,12-13H,8-11H2,1-3H3,(H,21,23). The van der Waals surface area contributed by atoms with Crippen LogP contribution in [0, 0.1) is 0 Å². The number of para-hydroxylation sites is 1. The number of fused-ring (bicyclic) bond motifs is 1. The Morgan fingerprint density at radius 3 is 2.48 bits per heavy atom. The topological polar surface area (TPSA) is 94.2 Å². The third kappa shape index (κ3) is 4.09. The zero-order valence-corrected chi connectivity index (χ0v) is 17.4. The SMILES string of the molecule is COC(=O)NCCc1cc(OC)c(OC)cc1S(=O)(=O)N1CCc2ccccc21. The van der Waals surface area contributed by atoms with E-state index in [9.17, 15) is 13.2 Å². The second kappa shape index (κ2) is 8.60. The number of hydrogen-bond acceptors (Lipinski definition) is 6. The van der Waals surface area contributed by atoms with E-state index >= 15 is 0 Å². The van der Waals surface area contributed by atoms with Crippen molar-refractivity contribution in [2.75, 3.05) is 38.7 Å². The van der Waals surface area contributed by atoms with Crippen molar-refractivity contribution in [1.29, 1.82) is 0 Å². The Labute approximate surface area is 170 Å². The van der Waals surface area contributed by atoms with Crippen molar-refractivity contribution in [1.82, 2.24) is 5.32 Å². The first-order valence-electron chi connectivity index (χ1n) is 9.09. The van der Waals surface area contributed by atoms with Crippen LogP contribution >= 0.6 is 0 Å². The maximum Gasteiger partial charge on any atom is 0.406 e. The maximum atomic E-state index is 13.6. The molecule has 0 bridgehead atoms. The molecule has 0 radical (unpaired) electrons. The molecule has 1 heterocycles. The molecule has 0 aromatic heterocycles. The fourth-order valence-electron chi connectivity index (χ4n) is 3.39. The maximum absolute atomic E-state index is 13.6. The van der Waals surface area contributed by atoms with Crippen LogP contribution in [0.25, 0.3) is 0 Å². The minimum absolute atomic E-state index is 0.124. The Kier molecular flexibility index (Phi) is 6.17. The second-order valence-electron chi connectivity index (χ2n) is 6.44. The highest BCUT2D eigenvalue weighted by Crippen LogP contribution is 2.38. The molecule has 1 amide bonds. The lowest BCUT2D eigenvalue weighted by molar-refractivity contribution is 0.171. The Balaban J connectivity index is 2.03. The lowest BCUT2D eigenvalue weighted by Gasteiger charge is -2.22. The summed E-state index contributed by atoms with van der Waals surface area (Å²) in [5, 5.41) is 2.57. The Hall–Kier alpha value is -2.94. The van der Waals surface area contributed by atoms with E-state index in [0.29, 0.717) is 35.7 Å². The van der Waals surface area contributed by atoms with Gasteiger partial charge in [-0.3, -0.25) is 4.31 Å². The van der Waals surface area contributed by atoms with Crippen LogP contribution in [0.5, 0.6) is 11.5 Å². The van der Waals surface area contributed by atoms with Crippen LogP contribution in [0.1, 0.15) is 11.1 Å². The average Bonchev–Trinajstić information content (AvgIpc) is 3.18. The third-order valence-electron chi connectivity index (χ3n) is 4.83. The quantitative estimate of drug-likeness (QED) is 0.739. The van der Waals surface area contributed by atoms with Crippen LogP contribution < -0.4 is 19.1 Å². The molecule has 1 aliphatic rings.